The van der Waals surface area contributed by atoms with Gasteiger partial charge in [-0.15, -0.1) is 0 Å². The highest BCUT2D eigenvalue weighted by molar-refractivity contribution is 5.94. The van der Waals surface area contributed by atoms with Crippen molar-refractivity contribution in [1.29, 1.82) is 0 Å². The lowest BCUT2D eigenvalue weighted by Crippen LogP contribution is -1.93. The number of fused-ring (bicyclic) bond motifs is 1. The Balaban J connectivity index is 0.000000190. The molecule has 0 fully saturated rings. The summed E-state index contributed by atoms with van der Waals surface area (Å²) < 4.78 is 0. The molecule has 0 radical (unpaired) electrons. The van der Waals surface area contributed by atoms with Crippen LogP contribution in [0.1, 0.15) is 12.5 Å². The Labute approximate surface area is 156 Å². The maximum atomic E-state index is 3.85. The van der Waals surface area contributed by atoms with Crippen LogP contribution in [0.4, 0.5) is 5.69 Å². The first-order valence-electron chi connectivity index (χ1n) is 8.56. The molecule has 0 saturated carbocycles. The second kappa shape index (κ2) is 9.85. The minimum atomic E-state index is 0.960. The Kier molecular flexibility index (Phi) is 7.20. The molecule has 0 bridgehead atoms. The number of nitrogens with one attached hydrogen (secondary N) is 1. The summed E-state index contributed by atoms with van der Waals surface area (Å²) in [6.07, 6.45) is 5.54. The number of hydrogen-bond donors (Lipinski definition) is 1. The highest BCUT2D eigenvalue weighted by Crippen LogP contribution is 2.23. The summed E-state index contributed by atoms with van der Waals surface area (Å²) in [4.78, 5) is 0. The van der Waals surface area contributed by atoms with Crippen LogP contribution >= 0.6 is 0 Å². The molecule has 0 aliphatic carbocycles. The molecule has 0 amide bonds. The molecule has 1 N–H and O–H groups in total. The van der Waals surface area contributed by atoms with Crippen LogP contribution in [0.2, 0.25) is 0 Å². The van der Waals surface area contributed by atoms with Crippen molar-refractivity contribution in [3.05, 3.63) is 122 Å². The van der Waals surface area contributed by atoms with Crippen molar-refractivity contribution in [3.63, 3.8) is 0 Å². The van der Waals surface area contributed by atoms with Gasteiger partial charge in [0, 0.05) is 16.8 Å². The van der Waals surface area contributed by atoms with E-state index < -0.39 is 0 Å². The molecule has 0 atom stereocenters. The molecule has 0 unspecified atom stereocenters. The Bertz CT molecular complexity index is 912. The van der Waals surface area contributed by atoms with Crippen LogP contribution in [0.3, 0.4) is 0 Å². The highest BCUT2D eigenvalue weighted by Gasteiger charge is 1.98. The first-order valence-corrected chi connectivity index (χ1v) is 8.56. The molecule has 130 valence electrons. The monoisotopic (exact) mass is 339 g/mol. The topological polar surface area (TPSA) is 12.0 Å². The third-order valence-electron chi connectivity index (χ3n) is 3.76. The summed E-state index contributed by atoms with van der Waals surface area (Å²) in [7, 11) is 0. The van der Waals surface area contributed by atoms with Crippen molar-refractivity contribution in [2.24, 2.45) is 0 Å². The summed E-state index contributed by atoms with van der Waals surface area (Å²) in [6.45, 7) is 13.2. The molecular weight excluding hydrogens is 314 g/mol. The Morgan fingerprint density at radius 1 is 0.846 bits per heavy atom. The highest BCUT2D eigenvalue weighted by atomic mass is 14.9. The number of anilines is 1. The van der Waals surface area contributed by atoms with Crippen LogP contribution < -0.4 is 5.32 Å². The zero-order chi connectivity index (χ0) is 18.8. The van der Waals surface area contributed by atoms with E-state index in [0.717, 1.165) is 17.0 Å². The molecule has 0 spiro atoms. The SMILES string of the molecule is C=C(C)Nc1cccc2ccccc12.C=C/C=C(\C=C)c1ccccc1. The number of hydrogen-bond acceptors (Lipinski definition) is 1. The van der Waals surface area contributed by atoms with Crippen LogP contribution in [-0.2, 0) is 0 Å². The first-order chi connectivity index (χ1) is 12.7. The van der Waals surface area contributed by atoms with Crippen molar-refractivity contribution in [3.8, 4) is 0 Å². The fourth-order valence-electron chi connectivity index (χ4n) is 2.60. The van der Waals surface area contributed by atoms with Crippen molar-refractivity contribution < 1.29 is 0 Å². The maximum Gasteiger partial charge on any atom is 0.0461 e. The third kappa shape index (κ3) is 5.35. The molecular formula is C25H25N. The standard InChI is InChI=1S/C13H13N.C12H12/c1-10(2)14-13-9-5-7-11-6-3-4-8-12(11)13;1-3-8-11(4-2)12-9-6-5-7-10-12/h3-9,14H,1H2,2H3;3-10H,1-2H2/b;11-8+. The number of allylic oxidation sites excluding steroid dienone is 5. The molecule has 0 aromatic heterocycles. The van der Waals surface area contributed by atoms with Gasteiger partial charge >= 0.3 is 0 Å². The summed E-state index contributed by atoms with van der Waals surface area (Å²) in [6, 6.07) is 24.7. The normalized spacial score (nSPS) is 10.4. The fourth-order valence-corrected chi connectivity index (χ4v) is 2.60. The van der Waals surface area contributed by atoms with Gasteiger partial charge in [0.05, 0.1) is 0 Å². The Morgan fingerprint density at radius 2 is 1.50 bits per heavy atom. The van der Waals surface area contributed by atoms with E-state index >= 15 is 0 Å². The van der Waals surface area contributed by atoms with Gasteiger partial charge in [-0.3, -0.25) is 0 Å². The van der Waals surface area contributed by atoms with Crippen LogP contribution in [-0.4, -0.2) is 0 Å². The summed E-state index contributed by atoms with van der Waals surface area (Å²) in [5.41, 5.74) is 4.36. The van der Waals surface area contributed by atoms with Gasteiger partial charge in [0.2, 0.25) is 0 Å². The van der Waals surface area contributed by atoms with Crippen molar-refractivity contribution in [1.82, 2.24) is 0 Å². The van der Waals surface area contributed by atoms with Gasteiger partial charge in [-0.25, -0.2) is 0 Å². The lowest BCUT2D eigenvalue weighted by atomic mass is 10.1. The summed E-state index contributed by atoms with van der Waals surface area (Å²) in [5, 5.41) is 5.74. The van der Waals surface area contributed by atoms with Gasteiger partial charge in [-0.05, 0) is 29.5 Å². The largest absolute Gasteiger partial charge is 0.359 e. The molecule has 0 aliphatic heterocycles. The van der Waals surface area contributed by atoms with Gasteiger partial charge in [-0.1, -0.05) is 105 Å². The van der Waals surface area contributed by atoms with Crippen LogP contribution in [0.15, 0.2) is 116 Å². The molecule has 3 aromatic carbocycles. The molecule has 3 aromatic rings. The maximum absolute atomic E-state index is 3.85. The molecule has 1 heteroatoms. The van der Waals surface area contributed by atoms with Gasteiger partial charge in [0.25, 0.3) is 0 Å². The average Bonchev–Trinajstić information content (AvgIpc) is 2.67. The van der Waals surface area contributed by atoms with Gasteiger partial charge < -0.3 is 5.32 Å². The van der Waals surface area contributed by atoms with Crippen LogP contribution in [0.5, 0.6) is 0 Å². The molecule has 1 nitrogen and oxygen atoms in total. The minimum Gasteiger partial charge on any atom is -0.359 e. The Hall–Kier alpha value is -3.32. The van der Waals surface area contributed by atoms with E-state index in [4.69, 9.17) is 0 Å². The third-order valence-corrected chi connectivity index (χ3v) is 3.76. The van der Waals surface area contributed by atoms with E-state index in [0.29, 0.717) is 0 Å². The smallest absolute Gasteiger partial charge is 0.0461 e. The second-order valence-electron chi connectivity index (χ2n) is 5.86. The summed E-state index contributed by atoms with van der Waals surface area (Å²) in [5.74, 6) is 0. The Morgan fingerprint density at radius 3 is 2.15 bits per heavy atom. The fraction of sp³-hybridized carbons (Fsp3) is 0.0400. The number of rotatable bonds is 5. The van der Waals surface area contributed by atoms with Gasteiger partial charge in [-0.2, -0.15) is 0 Å². The van der Waals surface area contributed by atoms with Gasteiger partial charge in [0.15, 0.2) is 0 Å². The lowest BCUT2D eigenvalue weighted by Gasteiger charge is -2.08. The quantitative estimate of drug-likeness (QED) is 0.484. The van der Waals surface area contributed by atoms with E-state index in [1.54, 1.807) is 6.08 Å². The number of benzene rings is 3. The minimum absolute atomic E-state index is 0.960. The van der Waals surface area contributed by atoms with E-state index in [1.165, 1.54) is 16.3 Å². The van der Waals surface area contributed by atoms with Crippen molar-refractivity contribution >= 4 is 22.0 Å². The van der Waals surface area contributed by atoms with Crippen LogP contribution in [0.25, 0.3) is 16.3 Å². The van der Waals surface area contributed by atoms with E-state index in [1.807, 2.05) is 55.5 Å². The second-order valence-corrected chi connectivity index (χ2v) is 5.86. The van der Waals surface area contributed by atoms with E-state index in [-0.39, 0.29) is 0 Å². The zero-order valence-corrected chi connectivity index (χ0v) is 15.3. The van der Waals surface area contributed by atoms with E-state index in [2.05, 4.69) is 61.5 Å². The average molecular weight is 339 g/mol. The molecule has 26 heavy (non-hydrogen) atoms. The van der Waals surface area contributed by atoms with Crippen molar-refractivity contribution in [2.45, 2.75) is 6.92 Å². The lowest BCUT2D eigenvalue weighted by molar-refractivity contribution is 1.41. The van der Waals surface area contributed by atoms with E-state index in [9.17, 15) is 0 Å². The molecule has 0 heterocycles. The van der Waals surface area contributed by atoms with Crippen LogP contribution in [0, 0.1) is 0 Å². The summed E-state index contributed by atoms with van der Waals surface area (Å²) >= 11 is 0. The first kappa shape index (κ1) is 19.0. The molecule has 3 rings (SSSR count). The molecule has 0 saturated heterocycles. The zero-order valence-electron chi connectivity index (χ0n) is 15.3. The molecule has 0 aliphatic rings. The predicted octanol–water partition coefficient (Wildman–Crippen LogP) is 7.23. The van der Waals surface area contributed by atoms with Crippen molar-refractivity contribution in [2.75, 3.05) is 5.32 Å². The predicted molar refractivity (Wildman–Crippen MR) is 117 cm³/mol. The van der Waals surface area contributed by atoms with Gasteiger partial charge in [0.1, 0.15) is 0 Å².